The van der Waals surface area contributed by atoms with Crippen LogP contribution in [0, 0.1) is 0 Å². The summed E-state index contributed by atoms with van der Waals surface area (Å²) >= 11 is 0. The lowest BCUT2D eigenvalue weighted by Crippen LogP contribution is -2.23. The maximum Gasteiger partial charge on any atom is 0.404 e. The number of rotatable bonds is 6. The van der Waals surface area contributed by atoms with E-state index in [-0.39, 0.29) is 6.61 Å². The molecule has 0 radical (unpaired) electrons. The zero-order chi connectivity index (χ0) is 10.1. The monoisotopic (exact) mass is 188 g/mol. The zero-order valence-corrected chi connectivity index (χ0v) is 7.03. The molecule has 0 aliphatic heterocycles. The van der Waals surface area contributed by atoms with Crippen molar-refractivity contribution in [2.24, 2.45) is 5.73 Å². The second-order valence-electron chi connectivity index (χ2n) is 2.11. The van der Waals surface area contributed by atoms with Gasteiger partial charge < -0.3 is 20.9 Å². The summed E-state index contributed by atoms with van der Waals surface area (Å²) in [6, 6.07) is 0. The SMILES string of the molecule is NC(=O)OCCNC/C=C/C(=O)O. The number of aliphatic carboxylic acids is 1. The first-order valence-electron chi connectivity index (χ1n) is 3.65. The average molecular weight is 188 g/mol. The predicted octanol–water partition coefficient (Wildman–Crippen LogP) is -0.688. The van der Waals surface area contributed by atoms with Crippen LogP contribution in [0.25, 0.3) is 0 Å². The average Bonchev–Trinajstić information content (AvgIpc) is 2.01. The molecule has 0 aromatic carbocycles. The third-order valence-electron chi connectivity index (χ3n) is 1.05. The van der Waals surface area contributed by atoms with Crippen molar-refractivity contribution < 1.29 is 19.4 Å². The number of carbonyl (C=O) groups is 2. The van der Waals surface area contributed by atoms with Crippen LogP contribution >= 0.6 is 0 Å². The molecule has 0 rings (SSSR count). The number of nitrogens with two attached hydrogens (primary N) is 1. The summed E-state index contributed by atoms with van der Waals surface area (Å²) in [7, 11) is 0. The first-order valence-corrected chi connectivity index (χ1v) is 3.65. The van der Waals surface area contributed by atoms with Gasteiger partial charge in [-0.2, -0.15) is 0 Å². The minimum absolute atomic E-state index is 0.177. The third kappa shape index (κ3) is 10.4. The molecule has 0 unspecified atom stereocenters. The molecule has 0 saturated carbocycles. The van der Waals surface area contributed by atoms with Crippen LogP contribution in [-0.4, -0.2) is 36.9 Å². The minimum Gasteiger partial charge on any atom is -0.478 e. The van der Waals surface area contributed by atoms with E-state index in [4.69, 9.17) is 10.8 Å². The Kier molecular flexibility index (Phi) is 6.26. The normalized spacial score (nSPS) is 10.2. The van der Waals surface area contributed by atoms with Crippen molar-refractivity contribution >= 4 is 12.1 Å². The van der Waals surface area contributed by atoms with Crippen molar-refractivity contribution in [2.45, 2.75) is 0 Å². The van der Waals surface area contributed by atoms with Gasteiger partial charge in [-0.1, -0.05) is 6.08 Å². The molecule has 6 nitrogen and oxygen atoms in total. The molecular formula is C7H12N2O4. The quantitative estimate of drug-likeness (QED) is 0.378. The molecule has 0 fully saturated rings. The molecule has 4 N–H and O–H groups in total. The second-order valence-corrected chi connectivity index (χ2v) is 2.11. The Hall–Kier alpha value is -1.56. The van der Waals surface area contributed by atoms with Crippen LogP contribution in [0.4, 0.5) is 4.79 Å². The Bertz CT molecular complexity index is 203. The fourth-order valence-corrected chi connectivity index (χ4v) is 0.569. The molecular weight excluding hydrogens is 176 g/mol. The van der Waals surface area contributed by atoms with Gasteiger partial charge in [0.15, 0.2) is 0 Å². The van der Waals surface area contributed by atoms with Gasteiger partial charge in [-0.05, 0) is 0 Å². The van der Waals surface area contributed by atoms with Gasteiger partial charge in [-0.15, -0.1) is 0 Å². The Morgan fingerprint density at radius 3 is 2.77 bits per heavy atom. The molecule has 0 aromatic heterocycles. The van der Waals surface area contributed by atoms with E-state index in [2.05, 4.69) is 10.1 Å². The molecule has 0 atom stereocenters. The number of carbonyl (C=O) groups excluding carboxylic acids is 1. The highest BCUT2D eigenvalue weighted by Crippen LogP contribution is 1.73. The third-order valence-corrected chi connectivity index (χ3v) is 1.05. The maximum atomic E-state index is 10.1. The van der Waals surface area contributed by atoms with Gasteiger partial charge in [0, 0.05) is 19.2 Å². The number of nitrogens with one attached hydrogen (secondary N) is 1. The molecule has 0 aliphatic carbocycles. The topological polar surface area (TPSA) is 102 Å². The van der Waals surface area contributed by atoms with Crippen LogP contribution in [-0.2, 0) is 9.53 Å². The van der Waals surface area contributed by atoms with E-state index in [0.717, 1.165) is 6.08 Å². The lowest BCUT2D eigenvalue weighted by Gasteiger charge is -2.00. The summed E-state index contributed by atoms with van der Waals surface area (Å²) in [4.78, 5) is 20.0. The number of amides is 1. The molecule has 74 valence electrons. The van der Waals surface area contributed by atoms with Gasteiger partial charge >= 0.3 is 12.1 Å². The number of carboxylic acids is 1. The zero-order valence-electron chi connectivity index (χ0n) is 7.03. The lowest BCUT2D eigenvalue weighted by molar-refractivity contribution is -0.131. The highest BCUT2D eigenvalue weighted by atomic mass is 16.5. The maximum absolute atomic E-state index is 10.1. The van der Waals surface area contributed by atoms with Crippen LogP contribution in [0.3, 0.4) is 0 Å². The first kappa shape index (κ1) is 11.4. The van der Waals surface area contributed by atoms with E-state index >= 15 is 0 Å². The molecule has 0 bridgehead atoms. The van der Waals surface area contributed by atoms with Crippen LogP contribution in [0.5, 0.6) is 0 Å². The summed E-state index contributed by atoms with van der Waals surface area (Å²) in [5.41, 5.74) is 4.69. The van der Waals surface area contributed by atoms with Gasteiger partial charge in [0.2, 0.25) is 0 Å². The first-order chi connectivity index (χ1) is 6.13. The molecule has 1 amide bonds. The molecule has 0 spiro atoms. The summed E-state index contributed by atoms with van der Waals surface area (Å²) in [5.74, 6) is -0.991. The van der Waals surface area contributed by atoms with Gasteiger partial charge in [0.05, 0.1) is 0 Å². The number of carboxylic acid groups (broad SMARTS) is 1. The van der Waals surface area contributed by atoms with Crippen molar-refractivity contribution in [2.75, 3.05) is 19.7 Å². The summed E-state index contributed by atoms with van der Waals surface area (Å²) in [5, 5.41) is 11.0. The minimum atomic E-state index is -0.991. The van der Waals surface area contributed by atoms with Crippen LogP contribution < -0.4 is 11.1 Å². The van der Waals surface area contributed by atoms with E-state index in [1.54, 1.807) is 0 Å². The lowest BCUT2D eigenvalue weighted by atomic mass is 10.5. The van der Waals surface area contributed by atoms with Crippen molar-refractivity contribution in [3.63, 3.8) is 0 Å². The Labute approximate surface area is 75.4 Å². The highest BCUT2D eigenvalue weighted by molar-refractivity contribution is 5.79. The van der Waals surface area contributed by atoms with E-state index in [0.29, 0.717) is 13.1 Å². The molecule has 0 heterocycles. The number of hydrogen-bond donors (Lipinski definition) is 3. The summed E-state index contributed by atoms with van der Waals surface area (Å²) in [6.07, 6.45) is 1.66. The highest BCUT2D eigenvalue weighted by Gasteiger charge is 1.91. The largest absolute Gasteiger partial charge is 0.478 e. The van der Waals surface area contributed by atoms with Crippen molar-refractivity contribution in [1.29, 1.82) is 0 Å². The smallest absolute Gasteiger partial charge is 0.404 e. The number of ether oxygens (including phenoxy) is 1. The van der Waals surface area contributed by atoms with Crippen LogP contribution in [0.1, 0.15) is 0 Å². The van der Waals surface area contributed by atoms with Crippen molar-refractivity contribution in [3.8, 4) is 0 Å². The van der Waals surface area contributed by atoms with Gasteiger partial charge in [0.1, 0.15) is 6.61 Å². The van der Waals surface area contributed by atoms with Gasteiger partial charge in [-0.25, -0.2) is 9.59 Å². The van der Waals surface area contributed by atoms with E-state index in [1.807, 2.05) is 0 Å². The second kappa shape index (κ2) is 7.11. The number of primary amides is 1. The molecule has 13 heavy (non-hydrogen) atoms. The number of hydrogen-bond acceptors (Lipinski definition) is 4. The molecule has 0 saturated heterocycles. The fourth-order valence-electron chi connectivity index (χ4n) is 0.569. The fraction of sp³-hybridized carbons (Fsp3) is 0.429. The summed E-state index contributed by atoms with van der Waals surface area (Å²) in [6.45, 7) is 1.03. The van der Waals surface area contributed by atoms with E-state index in [9.17, 15) is 9.59 Å². The Morgan fingerprint density at radius 1 is 1.54 bits per heavy atom. The van der Waals surface area contributed by atoms with E-state index in [1.165, 1.54) is 6.08 Å². The Balaban J connectivity index is 3.17. The molecule has 0 aromatic rings. The van der Waals surface area contributed by atoms with Gasteiger partial charge in [-0.3, -0.25) is 0 Å². The Morgan fingerprint density at radius 2 is 2.23 bits per heavy atom. The van der Waals surface area contributed by atoms with Crippen LogP contribution in [0.2, 0.25) is 0 Å². The van der Waals surface area contributed by atoms with Gasteiger partial charge in [0.25, 0.3) is 0 Å². The van der Waals surface area contributed by atoms with Crippen molar-refractivity contribution in [3.05, 3.63) is 12.2 Å². The van der Waals surface area contributed by atoms with Crippen LogP contribution in [0.15, 0.2) is 12.2 Å². The summed E-state index contributed by atoms with van der Waals surface area (Å²) < 4.78 is 4.41. The standard InChI is InChI=1S/C7H12N2O4/c8-7(12)13-5-4-9-3-1-2-6(10)11/h1-2,9H,3-5H2,(H2,8,12)(H,10,11)/b2-1+. The molecule has 0 aliphatic rings. The molecule has 6 heteroatoms. The van der Waals surface area contributed by atoms with Crippen molar-refractivity contribution in [1.82, 2.24) is 5.32 Å². The van der Waals surface area contributed by atoms with E-state index < -0.39 is 12.1 Å². The predicted molar refractivity (Wildman–Crippen MR) is 45.2 cm³/mol.